The Morgan fingerprint density at radius 1 is 1.33 bits per heavy atom. The van der Waals surface area contributed by atoms with Gasteiger partial charge in [0.1, 0.15) is 17.6 Å². The van der Waals surface area contributed by atoms with Crippen molar-refractivity contribution in [2.75, 3.05) is 6.61 Å². The van der Waals surface area contributed by atoms with Crippen LogP contribution in [-0.2, 0) is 11.2 Å². The Labute approximate surface area is 125 Å². The molecular formula is C17H23NO3. The zero-order chi connectivity index (χ0) is 15.0. The first kappa shape index (κ1) is 14.2. The van der Waals surface area contributed by atoms with Crippen LogP contribution >= 0.6 is 0 Å². The van der Waals surface area contributed by atoms with Crippen LogP contribution in [-0.4, -0.2) is 24.7 Å². The summed E-state index contributed by atoms with van der Waals surface area (Å²) in [5, 5.41) is 3.06. The molecule has 0 spiro atoms. The average molecular weight is 289 g/mol. The monoisotopic (exact) mass is 289 g/mol. The van der Waals surface area contributed by atoms with Crippen LogP contribution in [0.4, 0.5) is 0 Å². The largest absolute Gasteiger partial charge is 0.494 e. The second-order valence-corrected chi connectivity index (χ2v) is 5.96. The fourth-order valence-corrected chi connectivity index (χ4v) is 3.45. The molecule has 2 aliphatic heterocycles. The number of fused-ring (bicyclic) bond motifs is 1. The molecule has 2 heterocycles. The van der Waals surface area contributed by atoms with Gasteiger partial charge in [0, 0.05) is 35.9 Å². The number of amides is 1. The van der Waals surface area contributed by atoms with Gasteiger partial charge in [0.2, 0.25) is 5.91 Å². The van der Waals surface area contributed by atoms with Crippen LogP contribution in [0.1, 0.15) is 50.7 Å². The minimum absolute atomic E-state index is 0.129. The Morgan fingerprint density at radius 2 is 2.14 bits per heavy atom. The molecule has 1 aromatic rings. The molecule has 1 amide bonds. The molecule has 114 valence electrons. The Hall–Kier alpha value is -1.71. The molecule has 4 nitrogen and oxygen atoms in total. The Morgan fingerprint density at radius 3 is 2.86 bits per heavy atom. The SMILES string of the molecule is CCOc1cc2c(cc1C1CC(=O)NC1CC)OC(C)C2. The smallest absolute Gasteiger partial charge is 0.220 e. The fourth-order valence-electron chi connectivity index (χ4n) is 3.45. The maximum Gasteiger partial charge on any atom is 0.220 e. The maximum atomic E-state index is 11.8. The second kappa shape index (κ2) is 5.58. The summed E-state index contributed by atoms with van der Waals surface area (Å²) in [6.07, 6.45) is 2.60. The van der Waals surface area contributed by atoms with E-state index in [2.05, 4.69) is 31.3 Å². The fraction of sp³-hybridized carbons (Fsp3) is 0.588. The predicted octanol–water partition coefficient (Wildman–Crippen LogP) is 2.79. The van der Waals surface area contributed by atoms with E-state index in [4.69, 9.17) is 9.47 Å². The minimum atomic E-state index is 0.129. The van der Waals surface area contributed by atoms with Crippen molar-refractivity contribution in [2.45, 2.75) is 58.1 Å². The molecule has 0 aromatic heterocycles. The summed E-state index contributed by atoms with van der Waals surface area (Å²) in [6.45, 7) is 6.81. The lowest BCUT2D eigenvalue weighted by atomic mass is 9.88. The molecule has 0 bridgehead atoms. The zero-order valence-electron chi connectivity index (χ0n) is 12.9. The van der Waals surface area contributed by atoms with Gasteiger partial charge in [-0.2, -0.15) is 0 Å². The normalized spacial score (nSPS) is 27.2. The van der Waals surface area contributed by atoms with Gasteiger partial charge in [-0.3, -0.25) is 4.79 Å². The molecule has 4 heteroatoms. The molecule has 1 fully saturated rings. The summed E-state index contributed by atoms with van der Waals surface area (Å²) in [5.41, 5.74) is 2.31. The van der Waals surface area contributed by atoms with Gasteiger partial charge in [0.15, 0.2) is 0 Å². The van der Waals surface area contributed by atoms with Gasteiger partial charge in [-0.25, -0.2) is 0 Å². The molecule has 0 saturated carbocycles. The quantitative estimate of drug-likeness (QED) is 0.927. The molecule has 3 unspecified atom stereocenters. The number of benzene rings is 1. The minimum Gasteiger partial charge on any atom is -0.494 e. The van der Waals surface area contributed by atoms with Crippen LogP contribution < -0.4 is 14.8 Å². The predicted molar refractivity (Wildman–Crippen MR) is 81.0 cm³/mol. The van der Waals surface area contributed by atoms with E-state index >= 15 is 0 Å². The van der Waals surface area contributed by atoms with E-state index in [9.17, 15) is 4.79 Å². The lowest BCUT2D eigenvalue weighted by Crippen LogP contribution is -2.27. The van der Waals surface area contributed by atoms with Crippen LogP contribution in [0.3, 0.4) is 0 Å². The van der Waals surface area contributed by atoms with E-state index in [0.717, 1.165) is 29.9 Å². The highest BCUT2D eigenvalue weighted by atomic mass is 16.5. The highest BCUT2D eigenvalue weighted by molar-refractivity contribution is 5.80. The van der Waals surface area contributed by atoms with Crippen molar-refractivity contribution in [2.24, 2.45) is 0 Å². The summed E-state index contributed by atoms with van der Waals surface area (Å²) >= 11 is 0. The van der Waals surface area contributed by atoms with Gasteiger partial charge >= 0.3 is 0 Å². The average Bonchev–Trinajstić information content (AvgIpc) is 2.99. The molecule has 0 aliphatic carbocycles. The van der Waals surface area contributed by atoms with Crippen molar-refractivity contribution in [1.29, 1.82) is 0 Å². The van der Waals surface area contributed by atoms with Crippen LogP contribution in [0.5, 0.6) is 11.5 Å². The summed E-state index contributed by atoms with van der Waals surface area (Å²) in [5.74, 6) is 2.17. The topological polar surface area (TPSA) is 47.6 Å². The number of rotatable bonds is 4. The van der Waals surface area contributed by atoms with E-state index in [0.29, 0.717) is 13.0 Å². The third-order valence-electron chi connectivity index (χ3n) is 4.40. The third kappa shape index (κ3) is 2.59. The van der Waals surface area contributed by atoms with Gasteiger partial charge in [-0.05, 0) is 32.4 Å². The number of ether oxygens (including phenoxy) is 2. The Bertz CT molecular complexity index is 555. The molecular weight excluding hydrogens is 266 g/mol. The van der Waals surface area contributed by atoms with Crippen molar-refractivity contribution in [3.8, 4) is 11.5 Å². The van der Waals surface area contributed by atoms with Crippen molar-refractivity contribution in [3.63, 3.8) is 0 Å². The lowest BCUT2D eigenvalue weighted by Gasteiger charge is -2.21. The van der Waals surface area contributed by atoms with Crippen molar-refractivity contribution in [1.82, 2.24) is 5.32 Å². The molecule has 1 N–H and O–H groups in total. The van der Waals surface area contributed by atoms with E-state index < -0.39 is 0 Å². The molecule has 1 saturated heterocycles. The van der Waals surface area contributed by atoms with Crippen LogP contribution in [0.2, 0.25) is 0 Å². The number of carbonyl (C=O) groups is 1. The van der Waals surface area contributed by atoms with Crippen molar-refractivity contribution < 1.29 is 14.3 Å². The van der Waals surface area contributed by atoms with Crippen LogP contribution in [0, 0.1) is 0 Å². The standard InChI is InChI=1S/C17H23NO3/c1-4-14-12(9-17(19)18-14)13-8-15-11(6-10(3)21-15)7-16(13)20-5-2/h7-8,10,12,14H,4-6,9H2,1-3H3,(H,18,19). The molecule has 1 aromatic carbocycles. The molecule has 2 aliphatic rings. The van der Waals surface area contributed by atoms with Crippen molar-refractivity contribution >= 4 is 5.91 Å². The lowest BCUT2D eigenvalue weighted by molar-refractivity contribution is -0.119. The highest BCUT2D eigenvalue weighted by Gasteiger charge is 2.35. The van der Waals surface area contributed by atoms with E-state index in [-0.39, 0.29) is 24.0 Å². The molecule has 21 heavy (non-hydrogen) atoms. The van der Waals surface area contributed by atoms with Gasteiger partial charge in [-0.1, -0.05) is 6.92 Å². The van der Waals surface area contributed by atoms with Crippen LogP contribution in [0.25, 0.3) is 0 Å². The van der Waals surface area contributed by atoms with Crippen LogP contribution in [0.15, 0.2) is 12.1 Å². The first-order valence-corrected chi connectivity index (χ1v) is 7.88. The number of hydrogen-bond donors (Lipinski definition) is 1. The van der Waals surface area contributed by atoms with E-state index in [1.807, 2.05) is 6.92 Å². The van der Waals surface area contributed by atoms with E-state index in [1.165, 1.54) is 5.56 Å². The van der Waals surface area contributed by atoms with Crippen molar-refractivity contribution in [3.05, 3.63) is 23.3 Å². The van der Waals surface area contributed by atoms with Gasteiger partial charge in [0.05, 0.1) is 6.61 Å². The second-order valence-electron chi connectivity index (χ2n) is 5.96. The summed E-state index contributed by atoms with van der Waals surface area (Å²) in [4.78, 5) is 11.8. The zero-order valence-corrected chi connectivity index (χ0v) is 12.9. The third-order valence-corrected chi connectivity index (χ3v) is 4.40. The molecule has 3 rings (SSSR count). The van der Waals surface area contributed by atoms with Gasteiger partial charge in [0.25, 0.3) is 0 Å². The first-order chi connectivity index (χ1) is 10.1. The highest BCUT2D eigenvalue weighted by Crippen LogP contribution is 2.42. The van der Waals surface area contributed by atoms with Gasteiger partial charge in [-0.15, -0.1) is 0 Å². The first-order valence-electron chi connectivity index (χ1n) is 7.88. The molecule has 0 radical (unpaired) electrons. The Kier molecular flexibility index (Phi) is 3.79. The van der Waals surface area contributed by atoms with Gasteiger partial charge < -0.3 is 14.8 Å². The maximum absolute atomic E-state index is 11.8. The number of carbonyl (C=O) groups excluding carboxylic acids is 1. The summed E-state index contributed by atoms with van der Waals surface area (Å²) in [7, 11) is 0. The summed E-state index contributed by atoms with van der Waals surface area (Å²) < 4.78 is 11.7. The number of nitrogens with one attached hydrogen (secondary N) is 1. The van der Waals surface area contributed by atoms with E-state index in [1.54, 1.807) is 0 Å². The number of hydrogen-bond acceptors (Lipinski definition) is 3. The Balaban J connectivity index is 2.00. The summed E-state index contributed by atoms with van der Waals surface area (Å²) in [6, 6.07) is 4.39. The molecule has 3 atom stereocenters.